The van der Waals surface area contributed by atoms with Crippen LogP contribution in [0.5, 0.6) is 0 Å². The molecule has 1 aromatic heterocycles. The number of hydrogen-bond donors (Lipinski definition) is 2. The predicted octanol–water partition coefficient (Wildman–Crippen LogP) is 0.856. The van der Waals surface area contributed by atoms with Gasteiger partial charge in [-0.1, -0.05) is 0 Å². The summed E-state index contributed by atoms with van der Waals surface area (Å²) in [6.45, 7) is 2.67. The highest BCUT2D eigenvalue weighted by Gasteiger charge is 2.15. The van der Waals surface area contributed by atoms with Gasteiger partial charge in [-0.15, -0.1) is 0 Å². The fourth-order valence-electron chi connectivity index (χ4n) is 1.27. The number of ether oxygens (including phenoxy) is 1. The number of carbonyl (C=O) groups is 1. The highest BCUT2D eigenvalue weighted by atomic mass is 16.5. The lowest BCUT2D eigenvalue weighted by Crippen LogP contribution is -2.31. The summed E-state index contributed by atoms with van der Waals surface area (Å²) in [4.78, 5) is 11.4. The first-order valence-electron chi connectivity index (χ1n) is 5.29. The number of rotatable bonds is 7. The van der Waals surface area contributed by atoms with E-state index in [2.05, 4.69) is 5.32 Å². The predicted molar refractivity (Wildman–Crippen MR) is 57.8 cm³/mol. The minimum absolute atomic E-state index is 0.163. The van der Waals surface area contributed by atoms with Gasteiger partial charge in [0.25, 0.3) is 0 Å². The van der Waals surface area contributed by atoms with Gasteiger partial charge in [0.1, 0.15) is 11.8 Å². The summed E-state index contributed by atoms with van der Waals surface area (Å²) in [5, 5.41) is 11.8. The molecule has 5 heteroatoms. The maximum atomic E-state index is 11.4. The maximum Gasteiger partial charge on any atom is 0.222 e. The molecular formula is C11H17NO4. The Kier molecular flexibility index (Phi) is 5.60. The Balaban J connectivity index is 2.36. The van der Waals surface area contributed by atoms with Crippen LogP contribution in [0, 0.1) is 0 Å². The first-order valence-corrected chi connectivity index (χ1v) is 5.29. The zero-order valence-corrected chi connectivity index (χ0v) is 9.31. The van der Waals surface area contributed by atoms with Crippen LogP contribution in [0.2, 0.25) is 0 Å². The van der Waals surface area contributed by atoms with Gasteiger partial charge in [0.05, 0.1) is 19.5 Å². The highest BCUT2D eigenvalue weighted by molar-refractivity contribution is 5.76. The minimum Gasteiger partial charge on any atom is -0.467 e. The molecule has 0 aliphatic rings. The monoisotopic (exact) mass is 227 g/mol. The molecule has 0 aliphatic carbocycles. The highest BCUT2D eigenvalue weighted by Crippen LogP contribution is 2.12. The molecule has 0 spiro atoms. The SMILES string of the molecule is CCOCCC(=O)NC(CO)c1ccco1. The van der Waals surface area contributed by atoms with E-state index in [4.69, 9.17) is 14.3 Å². The molecule has 0 aromatic carbocycles. The fourth-order valence-corrected chi connectivity index (χ4v) is 1.27. The van der Waals surface area contributed by atoms with Crippen LogP contribution >= 0.6 is 0 Å². The van der Waals surface area contributed by atoms with Gasteiger partial charge in [0.15, 0.2) is 0 Å². The summed E-state index contributed by atoms with van der Waals surface area (Å²) < 4.78 is 10.2. The topological polar surface area (TPSA) is 71.7 Å². The summed E-state index contributed by atoms with van der Waals surface area (Å²) in [5.41, 5.74) is 0. The van der Waals surface area contributed by atoms with Crippen molar-refractivity contribution in [3.63, 3.8) is 0 Å². The Bertz CT molecular complexity index is 297. The second kappa shape index (κ2) is 7.03. The largest absolute Gasteiger partial charge is 0.467 e. The van der Waals surface area contributed by atoms with E-state index in [-0.39, 0.29) is 18.9 Å². The van der Waals surface area contributed by atoms with Gasteiger partial charge in [-0.25, -0.2) is 0 Å². The third-order valence-corrected chi connectivity index (χ3v) is 2.08. The van der Waals surface area contributed by atoms with Crippen molar-refractivity contribution in [1.29, 1.82) is 0 Å². The lowest BCUT2D eigenvalue weighted by molar-refractivity contribution is -0.123. The number of hydrogen-bond acceptors (Lipinski definition) is 4. The Morgan fingerprint density at radius 1 is 1.69 bits per heavy atom. The molecule has 1 amide bonds. The average Bonchev–Trinajstić information content (AvgIpc) is 2.79. The van der Waals surface area contributed by atoms with Crippen molar-refractivity contribution in [2.45, 2.75) is 19.4 Å². The van der Waals surface area contributed by atoms with Gasteiger partial charge in [-0.05, 0) is 19.1 Å². The van der Waals surface area contributed by atoms with Crippen LogP contribution in [-0.4, -0.2) is 30.8 Å². The molecule has 1 atom stereocenters. The molecule has 0 saturated heterocycles. The second-order valence-corrected chi connectivity index (χ2v) is 3.27. The molecule has 16 heavy (non-hydrogen) atoms. The number of nitrogens with one attached hydrogen (secondary N) is 1. The zero-order valence-electron chi connectivity index (χ0n) is 9.31. The van der Waals surface area contributed by atoms with Gasteiger partial charge < -0.3 is 19.6 Å². The van der Waals surface area contributed by atoms with E-state index >= 15 is 0 Å². The second-order valence-electron chi connectivity index (χ2n) is 3.27. The smallest absolute Gasteiger partial charge is 0.222 e. The van der Waals surface area contributed by atoms with Crippen LogP contribution < -0.4 is 5.32 Å². The Morgan fingerprint density at radius 3 is 3.06 bits per heavy atom. The van der Waals surface area contributed by atoms with Gasteiger partial charge >= 0.3 is 0 Å². The molecule has 5 nitrogen and oxygen atoms in total. The fraction of sp³-hybridized carbons (Fsp3) is 0.545. The average molecular weight is 227 g/mol. The standard InChI is InChI=1S/C11H17NO4/c1-2-15-7-5-11(14)12-9(8-13)10-4-3-6-16-10/h3-4,6,9,13H,2,5,7-8H2,1H3,(H,12,14). The van der Waals surface area contributed by atoms with Gasteiger partial charge in [-0.2, -0.15) is 0 Å². The lowest BCUT2D eigenvalue weighted by atomic mass is 10.2. The van der Waals surface area contributed by atoms with Crippen molar-refractivity contribution < 1.29 is 19.1 Å². The molecule has 0 aliphatic heterocycles. The summed E-state index contributed by atoms with van der Waals surface area (Å²) in [5.74, 6) is 0.385. The van der Waals surface area contributed by atoms with Crippen LogP contribution in [-0.2, 0) is 9.53 Å². The summed E-state index contributed by atoms with van der Waals surface area (Å²) in [7, 11) is 0. The summed E-state index contributed by atoms with van der Waals surface area (Å²) >= 11 is 0. The van der Waals surface area contributed by atoms with Crippen LogP contribution in [0.3, 0.4) is 0 Å². The van der Waals surface area contributed by atoms with Crippen molar-refractivity contribution in [2.75, 3.05) is 19.8 Å². The van der Waals surface area contributed by atoms with E-state index in [1.807, 2.05) is 6.92 Å². The molecular weight excluding hydrogens is 210 g/mol. The molecule has 0 bridgehead atoms. The van der Waals surface area contributed by atoms with Crippen LogP contribution in [0.15, 0.2) is 22.8 Å². The quantitative estimate of drug-likeness (QED) is 0.677. The van der Waals surface area contributed by atoms with E-state index in [9.17, 15) is 4.79 Å². The van der Waals surface area contributed by atoms with E-state index in [1.54, 1.807) is 12.1 Å². The molecule has 1 rings (SSSR count). The third-order valence-electron chi connectivity index (χ3n) is 2.08. The molecule has 0 saturated carbocycles. The van der Waals surface area contributed by atoms with E-state index in [0.717, 1.165) is 0 Å². The van der Waals surface area contributed by atoms with Crippen LogP contribution in [0.1, 0.15) is 25.1 Å². The number of carbonyl (C=O) groups excluding carboxylic acids is 1. The molecule has 1 unspecified atom stereocenters. The lowest BCUT2D eigenvalue weighted by Gasteiger charge is -2.13. The normalized spacial score (nSPS) is 12.4. The third kappa shape index (κ3) is 4.04. The summed E-state index contributed by atoms with van der Waals surface area (Å²) in [6, 6.07) is 2.94. The Hall–Kier alpha value is -1.33. The van der Waals surface area contributed by atoms with Crippen molar-refractivity contribution in [1.82, 2.24) is 5.32 Å². The van der Waals surface area contributed by atoms with Crippen molar-refractivity contribution >= 4 is 5.91 Å². The number of furan rings is 1. The molecule has 90 valence electrons. The van der Waals surface area contributed by atoms with Crippen LogP contribution in [0.4, 0.5) is 0 Å². The summed E-state index contributed by atoms with van der Waals surface area (Å²) in [6.07, 6.45) is 1.79. The minimum atomic E-state index is -0.482. The molecule has 1 aromatic rings. The molecule has 1 heterocycles. The van der Waals surface area contributed by atoms with Crippen molar-refractivity contribution in [3.8, 4) is 0 Å². The van der Waals surface area contributed by atoms with Gasteiger partial charge in [0, 0.05) is 13.0 Å². The molecule has 0 fully saturated rings. The maximum absolute atomic E-state index is 11.4. The number of amides is 1. The van der Waals surface area contributed by atoms with Gasteiger partial charge in [0.2, 0.25) is 5.91 Å². The zero-order chi connectivity index (χ0) is 11.8. The van der Waals surface area contributed by atoms with Crippen molar-refractivity contribution in [3.05, 3.63) is 24.2 Å². The molecule has 2 N–H and O–H groups in total. The van der Waals surface area contributed by atoms with Crippen molar-refractivity contribution in [2.24, 2.45) is 0 Å². The van der Waals surface area contributed by atoms with E-state index in [0.29, 0.717) is 19.0 Å². The Morgan fingerprint density at radius 2 is 2.50 bits per heavy atom. The van der Waals surface area contributed by atoms with E-state index < -0.39 is 6.04 Å². The first kappa shape index (κ1) is 12.7. The van der Waals surface area contributed by atoms with Crippen LogP contribution in [0.25, 0.3) is 0 Å². The van der Waals surface area contributed by atoms with E-state index in [1.165, 1.54) is 6.26 Å². The number of aliphatic hydroxyl groups is 1. The molecule has 0 radical (unpaired) electrons. The number of aliphatic hydroxyl groups excluding tert-OH is 1. The van der Waals surface area contributed by atoms with Gasteiger partial charge in [-0.3, -0.25) is 4.79 Å². The Labute approximate surface area is 94.4 Å². The first-order chi connectivity index (χ1) is 7.77.